The van der Waals surface area contributed by atoms with E-state index >= 15 is 0 Å². The van der Waals surface area contributed by atoms with Gasteiger partial charge in [-0.1, -0.05) is 19.1 Å². The molecule has 180 valence electrons. The van der Waals surface area contributed by atoms with E-state index in [0.717, 1.165) is 44.0 Å². The number of carbonyl (C=O) groups excluding carboxylic acids is 2. The molecular weight excluding hydrogens is 466 g/mol. The highest BCUT2D eigenvalue weighted by atomic mass is 32.2. The number of hydrogen-bond acceptors (Lipinski definition) is 7. The van der Waals surface area contributed by atoms with E-state index in [-0.39, 0.29) is 23.6 Å². The molecule has 0 saturated heterocycles. The molecule has 2 aliphatic rings. The highest BCUT2D eigenvalue weighted by Crippen LogP contribution is 2.47. The Morgan fingerprint density at radius 2 is 2.03 bits per heavy atom. The second-order valence-electron chi connectivity index (χ2n) is 8.58. The molecule has 2 heterocycles. The van der Waals surface area contributed by atoms with Gasteiger partial charge in [-0.2, -0.15) is 11.8 Å². The van der Waals surface area contributed by atoms with Crippen molar-refractivity contribution in [3.8, 4) is 5.75 Å². The Hall–Kier alpha value is -2.51. The number of esters is 1. The van der Waals surface area contributed by atoms with Crippen molar-refractivity contribution in [2.75, 3.05) is 25.2 Å². The molecule has 1 aliphatic heterocycles. The fourth-order valence-electron chi connectivity index (χ4n) is 4.75. The zero-order valence-electron chi connectivity index (χ0n) is 20.1. The number of thioether (sulfide) groups is 1. The maximum Gasteiger partial charge on any atom is 0.336 e. The maximum absolute atomic E-state index is 13.6. The molecule has 0 radical (unpaired) electrons. The number of carbonyl (C=O) groups is 2. The molecule has 1 aromatic heterocycles. The summed E-state index contributed by atoms with van der Waals surface area (Å²) >= 11 is 3.37. The summed E-state index contributed by atoms with van der Waals surface area (Å²) in [6, 6.07) is 12.0. The number of thiophene rings is 1. The fraction of sp³-hybridized carbons (Fsp3) is 0.407. The van der Waals surface area contributed by atoms with E-state index < -0.39 is 0 Å². The molecule has 2 aromatic rings. The number of hydrogen-bond donors (Lipinski definition) is 1. The SMILES string of the molecule is CCSCCOC(=O)C1=C(C)NC2=C(C(=O)C[C@H](c3cccc(OC)c3)C2)[C@@H]1c1ccc(C)s1. The first-order chi connectivity index (χ1) is 16.4. The van der Waals surface area contributed by atoms with Crippen LogP contribution in [0.5, 0.6) is 5.75 Å². The van der Waals surface area contributed by atoms with Gasteiger partial charge < -0.3 is 14.8 Å². The van der Waals surface area contributed by atoms with E-state index in [1.54, 1.807) is 30.2 Å². The lowest BCUT2D eigenvalue weighted by Crippen LogP contribution is -2.36. The largest absolute Gasteiger partial charge is 0.497 e. The molecule has 0 unspecified atom stereocenters. The number of aryl methyl sites for hydroxylation is 1. The standard InChI is InChI=1S/C27H31NO4S2/c1-5-33-12-11-32-27(30)24-17(3)28-21-14-19(18-7-6-8-20(13-18)31-4)15-22(29)25(21)26(24)23-10-9-16(2)34-23/h6-10,13,19,26,28H,5,11-12,14-15H2,1-4H3/t19-,26-/m1/s1. The third kappa shape index (κ3) is 5.10. The second kappa shape index (κ2) is 10.8. The van der Waals surface area contributed by atoms with Crippen LogP contribution in [0.1, 0.15) is 53.8 Å². The molecule has 0 amide bonds. The third-order valence-electron chi connectivity index (χ3n) is 6.32. The molecule has 2 atom stereocenters. The van der Waals surface area contributed by atoms with Gasteiger partial charge in [0.2, 0.25) is 0 Å². The number of ether oxygens (including phenoxy) is 2. The molecule has 1 N–H and O–H groups in total. The Morgan fingerprint density at radius 3 is 2.74 bits per heavy atom. The maximum atomic E-state index is 13.6. The first-order valence-electron chi connectivity index (χ1n) is 11.6. The van der Waals surface area contributed by atoms with Crippen molar-refractivity contribution in [2.24, 2.45) is 0 Å². The minimum absolute atomic E-state index is 0.0620. The number of benzene rings is 1. The quantitative estimate of drug-likeness (QED) is 0.372. The normalized spacial score (nSPS) is 20.2. The van der Waals surface area contributed by atoms with Gasteiger partial charge in [-0.25, -0.2) is 4.79 Å². The van der Waals surface area contributed by atoms with Crippen LogP contribution in [0, 0.1) is 6.92 Å². The zero-order chi connectivity index (χ0) is 24.2. The van der Waals surface area contributed by atoms with Crippen LogP contribution in [-0.4, -0.2) is 37.0 Å². The average molecular weight is 498 g/mol. The Morgan fingerprint density at radius 1 is 1.21 bits per heavy atom. The lowest BCUT2D eigenvalue weighted by molar-refractivity contribution is -0.138. The van der Waals surface area contributed by atoms with Crippen LogP contribution in [0.3, 0.4) is 0 Å². The summed E-state index contributed by atoms with van der Waals surface area (Å²) in [5, 5.41) is 3.42. The van der Waals surface area contributed by atoms with Gasteiger partial charge in [-0.05, 0) is 61.8 Å². The number of methoxy groups -OCH3 is 1. The first-order valence-corrected chi connectivity index (χ1v) is 13.6. The third-order valence-corrected chi connectivity index (χ3v) is 8.25. The van der Waals surface area contributed by atoms with Crippen LogP contribution < -0.4 is 10.1 Å². The summed E-state index contributed by atoms with van der Waals surface area (Å²) in [5.41, 5.74) is 4.03. The van der Waals surface area contributed by atoms with Crippen molar-refractivity contribution >= 4 is 34.9 Å². The van der Waals surface area contributed by atoms with E-state index in [1.807, 2.05) is 44.2 Å². The number of Topliss-reactive ketones (excluding diaryl/α,β-unsaturated/α-hetero) is 1. The Kier molecular flexibility index (Phi) is 7.84. The highest BCUT2D eigenvalue weighted by molar-refractivity contribution is 7.99. The molecule has 4 rings (SSSR count). The predicted octanol–water partition coefficient (Wildman–Crippen LogP) is 5.72. The number of rotatable bonds is 8. The lowest BCUT2D eigenvalue weighted by Gasteiger charge is -2.36. The van der Waals surface area contributed by atoms with Crippen LogP contribution in [-0.2, 0) is 14.3 Å². The monoisotopic (exact) mass is 497 g/mol. The van der Waals surface area contributed by atoms with Crippen molar-refractivity contribution in [2.45, 2.75) is 45.4 Å². The molecule has 0 bridgehead atoms. The number of allylic oxidation sites excluding steroid dienone is 3. The van der Waals surface area contributed by atoms with Gasteiger partial charge in [0.1, 0.15) is 12.4 Å². The van der Waals surface area contributed by atoms with E-state index in [9.17, 15) is 9.59 Å². The molecule has 1 aromatic carbocycles. The topological polar surface area (TPSA) is 64.6 Å². The van der Waals surface area contributed by atoms with Crippen molar-refractivity contribution in [1.82, 2.24) is 5.32 Å². The van der Waals surface area contributed by atoms with Gasteiger partial charge in [0, 0.05) is 38.9 Å². The van der Waals surface area contributed by atoms with Gasteiger partial charge in [-0.15, -0.1) is 11.3 Å². The lowest BCUT2D eigenvalue weighted by atomic mass is 9.73. The smallest absolute Gasteiger partial charge is 0.336 e. The predicted molar refractivity (Wildman–Crippen MR) is 139 cm³/mol. The van der Waals surface area contributed by atoms with Crippen LogP contribution in [0.15, 0.2) is 58.9 Å². The summed E-state index contributed by atoms with van der Waals surface area (Å²) in [6.45, 7) is 6.40. The van der Waals surface area contributed by atoms with E-state index in [0.29, 0.717) is 30.6 Å². The minimum atomic E-state index is -0.389. The summed E-state index contributed by atoms with van der Waals surface area (Å²) in [6.07, 6.45) is 1.12. The Labute approximate surface area is 209 Å². The summed E-state index contributed by atoms with van der Waals surface area (Å²) < 4.78 is 11.0. The molecule has 1 aliphatic carbocycles. The van der Waals surface area contributed by atoms with Crippen LogP contribution in [0.4, 0.5) is 0 Å². The average Bonchev–Trinajstić information content (AvgIpc) is 3.26. The minimum Gasteiger partial charge on any atom is -0.497 e. The zero-order valence-corrected chi connectivity index (χ0v) is 21.7. The first kappa shape index (κ1) is 24.6. The molecule has 0 saturated carbocycles. The van der Waals surface area contributed by atoms with Crippen LogP contribution in [0.25, 0.3) is 0 Å². The Bertz CT molecular complexity index is 1150. The number of ketones is 1. The van der Waals surface area contributed by atoms with Gasteiger partial charge in [0.25, 0.3) is 0 Å². The molecule has 34 heavy (non-hydrogen) atoms. The summed E-state index contributed by atoms with van der Waals surface area (Å²) in [4.78, 5) is 29.0. The fourth-order valence-corrected chi connectivity index (χ4v) is 6.24. The van der Waals surface area contributed by atoms with Crippen molar-refractivity contribution in [3.05, 3.63) is 74.3 Å². The molecule has 5 nitrogen and oxygen atoms in total. The van der Waals surface area contributed by atoms with Crippen molar-refractivity contribution in [3.63, 3.8) is 0 Å². The second-order valence-corrected chi connectivity index (χ2v) is 11.3. The van der Waals surface area contributed by atoms with Gasteiger partial charge in [-0.3, -0.25) is 4.79 Å². The summed E-state index contributed by atoms with van der Waals surface area (Å²) in [5.74, 6) is 1.95. The summed E-state index contributed by atoms with van der Waals surface area (Å²) in [7, 11) is 1.65. The van der Waals surface area contributed by atoms with Gasteiger partial charge >= 0.3 is 5.97 Å². The molecule has 0 spiro atoms. The molecule has 7 heteroatoms. The highest BCUT2D eigenvalue weighted by Gasteiger charge is 2.42. The van der Waals surface area contributed by atoms with E-state index in [1.165, 1.54) is 0 Å². The van der Waals surface area contributed by atoms with Crippen molar-refractivity contribution in [1.29, 1.82) is 0 Å². The van der Waals surface area contributed by atoms with Gasteiger partial charge in [0.05, 0.1) is 18.6 Å². The number of dihydropyridines is 1. The van der Waals surface area contributed by atoms with E-state index in [4.69, 9.17) is 9.47 Å². The van der Waals surface area contributed by atoms with Crippen molar-refractivity contribution < 1.29 is 19.1 Å². The number of nitrogens with one attached hydrogen (secondary N) is 1. The molecule has 0 fully saturated rings. The Balaban J connectivity index is 1.68. The van der Waals surface area contributed by atoms with Crippen LogP contribution in [0.2, 0.25) is 0 Å². The molecular formula is C27H31NO4S2. The van der Waals surface area contributed by atoms with Gasteiger partial charge in [0.15, 0.2) is 5.78 Å². The van der Waals surface area contributed by atoms with Crippen LogP contribution >= 0.6 is 23.1 Å². The van der Waals surface area contributed by atoms with E-state index in [2.05, 4.69) is 18.3 Å².